The number of fused-ring (bicyclic) bond motifs is 1. The lowest BCUT2D eigenvalue weighted by Crippen LogP contribution is -2.40. The number of hydrogen-bond acceptors (Lipinski definition) is 3. The Morgan fingerprint density at radius 2 is 2.11 bits per heavy atom. The van der Waals surface area contributed by atoms with Crippen LogP contribution in [0.4, 0.5) is 5.69 Å². The molecular formula is C15H23N3O. The zero-order chi connectivity index (χ0) is 13.8. The van der Waals surface area contributed by atoms with Crippen LogP contribution in [0.5, 0.6) is 0 Å². The summed E-state index contributed by atoms with van der Waals surface area (Å²) < 4.78 is 0. The highest BCUT2D eigenvalue weighted by Crippen LogP contribution is 2.29. The van der Waals surface area contributed by atoms with Gasteiger partial charge in [0.05, 0.1) is 0 Å². The lowest BCUT2D eigenvalue weighted by Gasteiger charge is -2.32. The number of nitrogens with zero attached hydrogens (tertiary/aromatic N) is 1. The third-order valence-electron chi connectivity index (χ3n) is 3.93. The monoisotopic (exact) mass is 261 g/mol. The van der Waals surface area contributed by atoms with Crippen molar-refractivity contribution in [3.8, 4) is 0 Å². The molecule has 1 aromatic carbocycles. The molecule has 0 saturated heterocycles. The Labute approximate surface area is 114 Å². The van der Waals surface area contributed by atoms with Crippen LogP contribution in [0.2, 0.25) is 0 Å². The Morgan fingerprint density at radius 1 is 1.32 bits per heavy atom. The van der Waals surface area contributed by atoms with Crippen molar-refractivity contribution in [1.82, 2.24) is 0 Å². The molecule has 1 unspecified atom stereocenters. The fraction of sp³-hybridized carbons (Fsp3) is 0.533. The molecule has 1 aliphatic rings. The summed E-state index contributed by atoms with van der Waals surface area (Å²) in [6.07, 6.45) is 2.40. The van der Waals surface area contributed by atoms with E-state index in [0.717, 1.165) is 30.6 Å². The van der Waals surface area contributed by atoms with Crippen molar-refractivity contribution in [3.63, 3.8) is 0 Å². The molecule has 0 aliphatic carbocycles. The van der Waals surface area contributed by atoms with Gasteiger partial charge in [0.1, 0.15) is 0 Å². The minimum Gasteiger partial charge on any atom is -0.330 e. The lowest BCUT2D eigenvalue weighted by molar-refractivity contribution is -0.119. The molecule has 0 spiro atoms. The van der Waals surface area contributed by atoms with Crippen LogP contribution in [0, 0.1) is 5.92 Å². The maximum Gasteiger partial charge on any atom is 0.227 e. The van der Waals surface area contributed by atoms with Crippen molar-refractivity contribution < 1.29 is 4.79 Å². The summed E-state index contributed by atoms with van der Waals surface area (Å²) in [5.74, 6) is 0.573. The van der Waals surface area contributed by atoms with Crippen LogP contribution in [0.15, 0.2) is 18.2 Å². The summed E-state index contributed by atoms with van der Waals surface area (Å²) in [5.41, 5.74) is 14.8. The lowest BCUT2D eigenvalue weighted by atomic mass is 9.96. The highest BCUT2D eigenvalue weighted by Gasteiger charge is 2.25. The first kappa shape index (κ1) is 14.0. The van der Waals surface area contributed by atoms with E-state index in [1.807, 2.05) is 17.0 Å². The molecule has 0 radical (unpaired) electrons. The summed E-state index contributed by atoms with van der Waals surface area (Å²) in [5, 5.41) is 0. The molecule has 19 heavy (non-hydrogen) atoms. The SMILES string of the molecule is CCC(CN)CN1C(=O)CCc2cc(CN)ccc21. The van der Waals surface area contributed by atoms with Gasteiger partial charge in [0, 0.05) is 25.2 Å². The fourth-order valence-corrected chi connectivity index (χ4v) is 2.57. The van der Waals surface area contributed by atoms with Crippen LogP contribution in [0.3, 0.4) is 0 Å². The molecular weight excluding hydrogens is 238 g/mol. The molecule has 1 aliphatic heterocycles. The van der Waals surface area contributed by atoms with Crippen molar-refractivity contribution in [1.29, 1.82) is 0 Å². The molecule has 1 atom stereocenters. The minimum atomic E-state index is 0.208. The molecule has 104 valence electrons. The van der Waals surface area contributed by atoms with Gasteiger partial charge in [0.15, 0.2) is 0 Å². The molecule has 4 heteroatoms. The highest BCUT2D eigenvalue weighted by atomic mass is 16.2. The smallest absolute Gasteiger partial charge is 0.227 e. The van der Waals surface area contributed by atoms with Crippen molar-refractivity contribution in [2.45, 2.75) is 32.7 Å². The third-order valence-corrected chi connectivity index (χ3v) is 3.93. The standard InChI is InChI=1S/C15H23N3O/c1-2-11(8-16)10-18-14-5-3-12(9-17)7-13(14)4-6-15(18)19/h3,5,7,11H,2,4,6,8-10,16-17H2,1H3. The van der Waals surface area contributed by atoms with E-state index in [4.69, 9.17) is 11.5 Å². The van der Waals surface area contributed by atoms with Crippen LogP contribution >= 0.6 is 0 Å². The zero-order valence-corrected chi connectivity index (χ0v) is 11.6. The average molecular weight is 261 g/mol. The Balaban J connectivity index is 2.27. The van der Waals surface area contributed by atoms with Gasteiger partial charge in [-0.1, -0.05) is 25.5 Å². The topological polar surface area (TPSA) is 72.3 Å². The van der Waals surface area contributed by atoms with Gasteiger partial charge in [-0.25, -0.2) is 0 Å². The average Bonchev–Trinajstić information content (AvgIpc) is 2.46. The van der Waals surface area contributed by atoms with E-state index in [9.17, 15) is 4.79 Å². The molecule has 2 rings (SSSR count). The third kappa shape index (κ3) is 2.96. The first-order chi connectivity index (χ1) is 9.19. The van der Waals surface area contributed by atoms with Crippen LogP contribution in [0.1, 0.15) is 30.9 Å². The minimum absolute atomic E-state index is 0.208. The van der Waals surface area contributed by atoms with E-state index >= 15 is 0 Å². The molecule has 1 amide bonds. The summed E-state index contributed by atoms with van der Waals surface area (Å²) >= 11 is 0. The second-order valence-corrected chi connectivity index (χ2v) is 5.18. The van der Waals surface area contributed by atoms with E-state index in [1.165, 1.54) is 5.56 Å². The second-order valence-electron chi connectivity index (χ2n) is 5.18. The maximum atomic E-state index is 12.1. The van der Waals surface area contributed by atoms with Gasteiger partial charge in [-0.05, 0) is 36.1 Å². The first-order valence-electron chi connectivity index (χ1n) is 7.01. The van der Waals surface area contributed by atoms with Crippen LogP contribution in [0.25, 0.3) is 0 Å². The number of carbonyl (C=O) groups is 1. The fourth-order valence-electron chi connectivity index (χ4n) is 2.57. The van der Waals surface area contributed by atoms with Crippen molar-refractivity contribution in [2.75, 3.05) is 18.0 Å². The number of hydrogen-bond donors (Lipinski definition) is 2. The molecule has 0 aromatic heterocycles. The molecule has 0 fully saturated rings. The second kappa shape index (κ2) is 6.17. The van der Waals surface area contributed by atoms with E-state index in [0.29, 0.717) is 25.4 Å². The van der Waals surface area contributed by atoms with E-state index in [1.54, 1.807) is 0 Å². The van der Waals surface area contributed by atoms with Gasteiger partial charge < -0.3 is 16.4 Å². The molecule has 0 bridgehead atoms. The number of rotatable bonds is 5. The Hall–Kier alpha value is -1.39. The van der Waals surface area contributed by atoms with Crippen LogP contribution in [-0.2, 0) is 17.8 Å². The molecule has 1 heterocycles. The molecule has 0 saturated carbocycles. The maximum absolute atomic E-state index is 12.1. The predicted octanol–water partition coefficient (Wildman–Crippen LogP) is 1.41. The van der Waals surface area contributed by atoms with E-state index < -0.39 is 0 Å². The van der Waals surface area contributed by atoms with Gasteiger partial charge >= 0.3 is 0 Å². The van der Waals surface area contributed by atoms with Crippen molar-refractivity contribution >= 4 is 11.6 Å². The van der Waals surface area contributed by atoms with E-state index in [-0.39, 0.29) is 5.91 Å². The quantitative estimate of drug-likeness (QED) is 0.841. The molecule has 1 aromatic rings. The van der Waals surface area contributed by atoms with Gasteiger partial charge in [-0.3, -0.25) is 4.79 Å². The summed E-state index contributed by atoms with van der Waals surface area (Å²) in [4.78, 5) is 14.0. The van der Waals surface area contributed by atoms with Gasteiger partial charge in [0.25, 0.3) is 0 Å². The number of amides is 1. The van der Waals surface area contributed by atoms with Crippen molar-refractivity contribution in [2.24, 2.45) is 17.4 Å². The van der Waals surface area contributed by atoms with Gasteiger partial charge in [0.2, 0.25) is 5.91 Å². The van der Waals surface area contributed by atoms with Crippen LogP contribution < -0.4 is 16.4 Å². The number of aryl methyl sites for hydroxylation is 1. The number of anilines is 1. The Bertz CT molecular complexity index is 455. The van der Waals surface area contributed by atoms with Gasteiger partial charge in [-0.2, -0.15) is 0 Å². The van der Waals surface area contributed by atoms with E-state index in [2.05, 4.69) is 13.0 Å². The van der Waals surface area contributed by atoms with Crippen molar-refractivity contribution in [3.05, 3.63) is 29.3 Å². The number of nitrogens with two attached hydrogens (primary N) is 2. The first-order valence-corrected chi connectivity index (χ1v) is 7.01. The Morgan fingerprint density at radius 3 is 2.74 bits per heavy atom. The zero-order valence-electron chi connectivity index (χ0n) is 11.6. The number of carbonyl (C=O) groups excluding carboxylic acids is 1. The largest absolute Gasteiger partial charge is 0.330 e. The molecule has 4 nitrogen and oxygen atoms in total. The normalized spacial score (nSPS) is 16.4. The summed E-state index contributed by atoms with van der Waals surface area (Å²) in [6, 6.07) is 6.16. The highest BCUT2D eigenvalue weighted by molar-refractivity contribution is 5.96. The number of benzene rings is 1. The van der Waals surface area contributed by atoms with Gasteiger partial charge in [-0.15, -0.1) is 0 Å². The summed E-state index contributed by atoms with van der Waals surface area (Å²) in [6.45, 7) is 4.00. The summed E-state index contributed by atoms with van der Waals surface area (Å²) in [7, 11) is 0. The predicted molar refractivity (Wildman–Crippen MR) is 77.8 cm³/mol. The molecule has 4 N–H and O–H groups in total. The van der Waals surface area contributed by atoms with Crippen LogP contribution in [-0.4, -0.2) is 19.0 Å². The Kier molecular flexibility index (Phi) is 4.56.